The van der Waals surface area contributed by atoms with E-state index in [1.807, 2.05) is 0 Å². The second-order valence-corrected chi connectivity index (χ2v) is 4.50. The Morgan fingerprint density at radius 2 is 1.93 bits per heavy atom. The summed E-state index contributed by atoms with van der Waals surface area (Å²) in [5, 5.41) is 4.13. The highest BCUT2D eigenvalue weighted by atomic mass is 19.1. The van der Waals surface area contributed by atoms with E-state index >= 15 is 0 Å². The zero-order valence-corrected chi connectivity index (χ0v) is 9.45. The number of halogens is 1. The highest BCUT2D eigenvalue weighted by molar-refractivity contribution is 5.03. The Labute approximate surface area is 84.3 Å². The maximum absolute atomic E-state index is 12.9. The van der Waals surface area contributed by atoms with Gasteiger partial charge in [0, 0.05) is 5.41 Å². The number of rotatable bonds is 3. The van der Waals surface area contributed by atoms with Crippen LogP contribution in [0.3, 0.4) is 0 Å². The lowest BCUT2D eigenvalue weighted by atomic mass is 9.80. The quantitative estimate of drug-likeness (QED) is 0.749. The largest absolute Gasteiger partial charge is 0.222 e. The molecule has 1 aromatic heterocycles. The average Bonchev–Trinajstić information content (AvgIpc) is 2.51. The number of alkyl halides is 1. The molecule has 1 atom stereocenters. The molecule has 14 heavy (non-hydrogen) atoms. The van der Waals surface area contributed by atoms with Crippen LogP contribution in [0.1, 0.15) is 46.7 Å². The van der Waals surface area contributed by atoms with E-state index in [9.17, 15) is 4.39 Å². The topological polar surface area (TPSA) is 30.7 Å². The van der Waals surface area contributed by atoms with E-state index in [0.717, 1.165) is 0 Å². The van der Waals surface area contributed by atoms with Crippen molar-refractivity contribution in [2.75, 3.05) is 0 Å². The molecule has 1 aromatic rings. The van der Waals surface area contributed by atoms with Crippen LogP contribution in [0.15, 0.2) is 6.33 Å². The summed E-state index contributed by atoms with van der Waals surface area (Å²) in [4.78, 5) is 4.14. The lowest BCUT2D eigenvalue weighted by molar-refractivity contribution is 0.240. The lowest BCUT2D eigenvalue weighted by Crippen LogP contribution is -2.26. The van der Waals surface area contributed by atoms with E-state index in [0.29, 0.717) is 11.7 Å². The van der Waals surface area contributed by atoms with Gasteiger partial charge >= 0.3 is 0 Å². The number of aromatic nitrogens is 3. The standard InChI is InChI=1S/C10H18FN3/c1-7(2)10(4,5)9-12-6-14(13-9)8(3)11/h6-8H,1-5H3. The fourth-order valence-corrected chi connectivity index (χ4v) is 1.000. The Morgan fingerprint density at radius 3 is 2.29 bits per heavy atom. The van der Waals surface area contributed by atoms with Crippen LogP contribution in [0.25, 0.3) is 0 Å². The van der Waals surface area contributed by atoms with Gasteiger partial charge in [-0.3, -0.25) is 0 Å². The lowest BCUT2D eigenvalue weighted by Gasteiger charge is -2.25. The second-order valence-electron chi connectivity index (χ2n) is 4.50. The van der Waals surface area contributed by atoms with E-state index in [2.05, 4.69) is 37.8 Å². The molecule has 0 aromatic carbocycles. The molecular weight excluding hydrogens is 181 g/mol. The van der Waals surface area contributed by atoms with Gasteiger partial charge in [-0.05, 0) is 12.8 Å². The van der Waals surface area contributed by atoms with Crippen LogP contribution >= 0.6 is 0 Å². The Morgan fingerprint density at radius 1 is 1.36 bits per heavy atom. The third kappa shape index (κ3) is 1.94. The van der Waals surface area contributed by atoms with Gasteiger partial charge in [-0.2, -0.15) is 5.10 Å². The molecule has 1 rings (SSSR count). The Hall–Kier alpha value is -0.930. The van der Waals surface area contributed by atoms with Gasteiger partial charge < -0.3 is 0 Å². The Kier molecular flexibility index (Phi) is 2.92. The van der Waals surface area contributed by atoms with Gasteiger partial charge in [-0.25, -0.2) is 14.1 Å². The minimum absolute atomic E-state index is 0.111. The number of nitrogens with zero attached hydrogens (tertiary/aromatic N) is 3. The molecule has 0 aliphatic rings. The van der Waals surface area contributed by atoms with Gasteiger partial charge in [0.05, 0.1) is 0 Å². The highest BCUT2D eigenvalue weighted by Crippen LogP contribution is 2.28. The van der Waals surface area contributed by atoms with Crippen molar-refractivity contribution in [1.29, 1.82) is 0 Å². The molecule has 0 radical (unpaired) electrons. The number of hydrogen-bond acceptors (Lipinski definition) is 2. The monoisotopic (exact) mass is 199 g/mol. The van der Waals surface area contributed by atoms with E-state index in [4.69, 9.17) is 0 Å². The molecule has 0 fully saturated rings. The van der Waals surface area contributed by atoms with Crippen molar-refractivity contribution in [3.8, 4) is 0 Å². The van der Waals surface area contributed by atoms with Crippen molar-refractivity contribution in [2.45, 2.75) is 46.3 Å². The molecule has 1 heterocycles. The van der Waals surface area contributed by atoms with Gasteiger partial charge in [0.25, 0.3) is 0 Å². The molecule has 0 aliphatic carbocycles. The first-order valence-corrected chi connectivity index (χ1v) is 4.91. The van der Waals surface area contributed by atoms with E-state index in [1.54, 1.807) is 0 Å². The second kappa shape index (κ2) is 3.67. The Balaban J connectivity index is 2.97. The van der Waals surface area contributed by atoms with E-state index in [-0.39, 0.29) is 5.41 Å². The van der Waals surface area contributed by atoms with Crippen molar-refractivity contribution in [3.05, 3.63) is 12.2 Å². The van der Waals surface area contributed by atoms with Crippen LogP contribution in [-0.4, -0.2) is 14.8 Å². The predicted molar refractivity (Wildman–Crippen MR) is 53.7 cm³/mol. The predicted octanol–water partition coefficient (Wildman–Crippen LogP) is 2.70. The van der Waals surface area contributed by atoms with E-state index < -0.39 is 6.30 Å². The summed E-state index contributed by atoms with van der Waals surface area (Å²) in [5.74, 6) is 1.13. The van der Waals surface area contributed by atoms with Crippen LogP contribution in [0.2, 0.25) is 0 Å². The molecule has 0 amide bonds. The molecule has 3 nitrogen and oxygen atoms in total. The van der Waals surface area contributed by atoms with Crippen LogP contribution in [0.4, 0.5) is 4.39 Å². The van der Waals surface area contributed by atoms with Crippen molar-refractivity contribution in [2.24, 2.45) is 5.92 Å². The zero-order valence-electron chi connectivity index (χ0n) is 9.45. The maximum Gasteiger partial charge on any atom is 0.190 e. The minimum Gasteiger partial charge on any atom is -0.222 e. The molecule has 0 saturated heterocycles. The van der Waals surface area contributed by atoms with Crippen LogP contribution in [0, 0.1) is 5.92 Å². The molecule has 0 N–H and O–H groups in total. The van der Waals surface area contributed by atoms with Crippen molar-refractivity contribution < 1.29 is 4.39 Å². The minimum atomic E-state index is -1.11. The SMILES string of the molecule is CC(F)n1cnc(C(C)(C)C(C)C)n1. The van der Waals surface area contributed by atoms with Gasteiger partial charge in [0.1, 0.15) is 6.33 Å². The summed E-state index contributed by atoms with van der Waals surface area (Å²) in [6.07, 6.45) is 0.337. The zero-order chi connectivity index (χ0) is 10.9. The molecule has 0 aliphatic heterocycles. The summed E-state index contributed by atoms with van der Waals surface area (Å²) in [7, 11) is 0. The van der Waals surface area contributed by atoms with Gasteiger partial charge in [0.15, 0.2) is 12.1 Å². The van der Waals surface area contributed by atoms with Crippen LogP contribution < -0.4 is 0 Å². The molecular formula is C10H18FN3. The molecule has 0 bridgehead atoms. The fourth-order valence-electron chi connectivity index (χ4n) is 1.000. The van der Waals surface area contributed by atoms with Gasteiger partial charge in [0.2, 0.25) is 0 Å². The average molecular weight is 199 g/mol. The van der Waals surface area contributed by atoms with Gasteiger partial charge in [-0.1, -0.05) is 27.7 Å². The smallest absolute Gasteiger partial charge is 0.190 e. The summed E-state index contributed by atoms with van der Waals surface area (Å²) < 4.78 is 14.1. The Bertz CT molecular complexity index is 302. The third-order valence-electron chi connectivity index (χ3n) is 2.89. The maximum atomic E-state index is 12.9. The van der Waals surface area contributed by atoms with Gasteiger partial charge in [-0.15, -0.1) is 0 Å². The highest BCUT2D eigenvalue weighted by Gasteiger charge is 2.29. The molecule has 1 unspecified atom stereocenters. The summed E-state index contributed by atoms with van der Waals surface area (Å²) >= 11 is 0. The first-order chi connectivity index (χ1) is 6.35. The van der Waals surface area contributed by atoms with Crippen molar-refractivity contribution in [3.63, 3.8) is 0 Å². The molecule has 80 valence electrons. The summed E-state index contributed by atoms with van der Waals surface area (Å²) in [6, 6.07) is 0. The number of hydrogen-bond donors (Lipinski definition) is 0. The molecule has 0 spiro atoms. The fraction of sp³-hybridized carbons (Fsp3) is 0.800. The van der Waals surface area contributed by atoms with Crippen LogP contribution in [-0.2, 0) is 5.41 Å². The summed E-state index contributed by atoms with van der Waals surface area (Å²) in [6.45, 7) is 9.81. The van der Waals surface area contributed by atoms with Crippen LogP contribution in [0.5, 0.6) is 0 Å². The van der Waals surface area contributed by atoms with Crippen molar-refractivity contribution >= 4 is 0 Å². The van der Waals surface area contributed by atoms with Crippen molar-refractivity contribution in [1.82, 2.24) is 14.8 Å². The van der Waals surface area contributed by atoms with E-state index in [1.165, 1.54) is 17.9 Å². The first kappa shape index (κ1) is 11.1. The molecule has 4 heteroatoms. The normalized spacial score (nSPS) is 14.8. The summed E-state index contributed by atoms with van der Waals surface area (Å²) in [5.41, 5.74) is -0.111. The molecule has 0 saturated carbocycles. The third-order valence-corrected chi connectivity index (χ3v) is 2.89. The first-order valence-electron chi connectivity index (χ1n) is 4.91.